The van der Waals surface area contributed by atoms with Crippen LogP contribution in [0.15, 0.2) is 72.9 Å². The molecule has 0 unspecified atom stereocenters. The van der Waals surface area contributed by atoms with Gasteiger partial charge in [-0.2, -0.15) is 0 Å². The molecule has 0 spiro atoms. The molecule has 0 radical (unpaired) electrons. The van der Waals surface area contributed by atoms with Crippen molar-refractivity contribution in [2.45, 2.75) is 32.2 Å². The van der Waals surface area contributed by atoms with Crippen LogP contribution in [0.3, 0.4) is 0 Å². The van der Waals surface area contributed by atoms with Gasteiger partial charge in [-0.25, -0.2) is 14.2 Å². The van der Waals surface area contributed by atoms with Gasteiger partial charge in [0.25, 0.3) is 0 Å². The molecule has 1 heterocycles. The van der Waals surface area contributed by atoms with Gasteiger partial charge in [0.1, 0.15) is 17.4 Å². The van der Waals surface area contributed by atoms with Gasteiger partial charge in [0, 0.05) is 24.8 Å². The second-order valence-corrected chi connectivity index (χ2v) is 7.70. The Hall–Kier alpha value is -3.61. The van der Waals surface area contributed by atoms with Crippen molar-refractivity contribution in [1.82, 2.24) is 9.88 Å². The zero-order chi connectivity index (χ0) is 23.3. The van der Waals surface area contributed by atoms with Crippen LogP contribution in [0.25, 0.3) is 0 Å². The third-order valence-corrected chi connectivity index (χ3v) is 5.28. The third-order valence-electron chi connectivity index (χ3n) is 5.28. The van der Waals surface area contributed by atoms with Gasteiger partial charge in [0.05, 0.1) is 19.3 Å². The number of hydrogen-bond donors (Lipinski definition) is 2. The molecule has 0 atom stereocenters. The standard InChI is InChI=1S/C26H31FN4O2/c1-33-24-15-7-6-14-23(24)30-26(32)31(20-21-12-4-5-13-22(21)27)19-11-3-2-9-17-28-25-16-8-10-18-29-25/h4-8,10,12-16,18H,2-3,9,11,17,19-20H2,1H3,(H,28,29)(H,30,32). The van der Waals surface area contributed by atoms with E-state index in [1.165, 1.54) is 6.07 Å². The molecule has 6 nitrogen and oxygen atoms in total. The topological polar surface area (TPSA) is 66.5 Å². The number of rotatable bonds is 12. The number of halogens is 1. The van der Waals surface area contributed by atoms with E-state index >= 15 is 0 Å². The van der Waals surface area contributed by atoms with Crippen molar-refractivity contribution in [3.8, 4) is 5.75 Å². The van der Waals surface area contributed by atoms with E-state index in [2.05, 4.69) is 15.6 Å². The molecule has 174 valence electrons. The Morgan fingerprint density at radius 1 is 0.970 bits per heavy atom. The maximum absolute atomic E-state index is 14.2. The first kappa shape index (κ1) is 24.0. The molecule has 0 saturated heterocycles. The lowest BCUT2D eigenvalue weighted by molar-refractivity contribution is 0.207. The number of ether oxygens (including phenoxy) is 1. The summed E-state index contributed by atoms with van der Waals surface area (Å²) in [5, 5.41) is 6.20. The lowest BCUT2D eigenvalue weighted by Crippen LogP contribution is -2.35. The molecule has 7 heteroatoms. The van der Waals surface area contributed by atoms with E-state index in [1.807, 2.05) is 30.3 Å². The molecule has 3 aromatic rings. The van der Waals surface area contributed by atoms with Gasteiger partial charge in [-0.05, 0) is 43.2 Å². The van der Waals surface area contributed by atoms with Crippen LogP contribution in [-0.4, -0.2) is 36.1 Å². The molecule has 1 aromatic heterocycles. The van der Waals surface area contributed by atoms with E-state index in [-0.39, 0.29) is 18.4 Å². The number of aromatic nitrogens is 1. The highest BCUT2D eigenvalue weighted by atomic mass is 19.1. The van der Waals surface area contributed by atoms with E-state index in [1.54, 1.807) is 48.5 Å². The van der Waals surface area contributed by atoms with E-state index in [4.69, 9.17) is 4.74 Å². The van der Waals surface area contributed by atoms with Gasteiger partial charge in [-0.15, -0.1) is 0 Å². The van der Waals surface area contributed by atoms with Crippen LogP contribution in [0, 0.1) is 5.82 Å². The number of carbonyl (C=O) groups excluding carboxylic acids is 1. The average molecular weight is 451 g/mol. The molecule has 3 rings (SSSR count). The maximum atomic E-state index is 14.2. The fourth-order valence-electron chi connectivity index (χ4n) is 3.49. The Morgan fingerprint density at radius 3 is 2.52 bits per heavy atom. The van der Waals surface area contributed by atoms with Crippen LogP contribution in [-0.2, 0) is 6.54 Å². The second kappa shape index (κ2) is 13.1. The number of nitrogens with zero attached hydrogens (tertiary/aromatic N) is 2. The Bertz CT molecular complexity index is 1000. The van der Waals surface area contributed by atoms with Crippen LogP contribution in [0.1, 0.15) is 31.2 Å². The number of hydrogen-bond acceptors (Lipinski definition) is 4. The highest BCUT2D eigenvalue weighted by molar-refractivity contribution is 5.91. The summed E-state index contributed by atoms with van der Waals surface area (Å²) in [5.74, 6) is 1.15. The first-order valence-corrected chi connectivity index (χ1v) is 11.2. The molecule has 2 amide bonds. The third kappa shape index (κ3) is 7.79. The minimum absolute atomic E-state index is 0.203. The molecule has 0 fully saturated rings. The lowest BCUT2D eigenvalue weighted by atomic mass is 10.1. The zero-order valence-electron chi connectivity index (χ0n) is 19.0. The average Bonchev–Trinajstić information content (AvgIpc) is 2.84. The van der Waals surface area contributed by atoms with Crippen molar-refractivity contribution in [2.24, 2.45) is 0 Å². The molecule has 2 N–H and O–H groups in total. The number of unbranched alkanes of at least 4 members (excludes halogenated alkanes) is 3. The minimum Gasteiger partial charge on any atom is -0.495 e. The number of methoxy groups -OCH3 is 1. The normalized spacial score (nSPS) is 10.5. The Balaban J connectivity index is 1.52. The summed E-state index contributed by atoms with van der Waals surface area (Å²) in [7, 11) is 1.56. The first-order chi connectivity index (χ1) is 16.2. The number of anilines is 2. The molecular formula is C26H31FN4O2. The number of benzene rings is 2. The summed E-state index contributed by atoms with van der Waals surface area (Å²) < 4.78 is 19.6. The summed E-state index contributed by atoms with van der Waals surface area (Å²) >= 11 is 0. The predicted octanol–water partition coefficient (Wildman–Crippen LogP) is 5.94. The monoisotopic (exact) mass is 450 g/mol. The van der Waals surface area contributed by atoms with E-state index < -0.39 is 0 Å². The van der Waals surface area contributed by atoms with Crippen LogP contribution in [0.2, 0.25) is 0 Å². The number of urea groups is 1. The number of carbonyl (C=O) groups is 1. The Kier molecular flexibility index (Phi) is 9.51. The number of amides is 2. The van der Waals surface area contributed by atoms with E-state index in [0.717, 1.165) is 38.0 Å². The number of pyridine rings is 1. The van der Waals surface area contributed by atoms with Crippen LogP contribution < -0.4 is 15.4 Å². The fourth-order valence-corrected chi connectivity index (χ4v) is 3.49. The molecule has 0 saturated carbocycles. The van der Waals surface area contributed by atoms with E-state index in [9.17, 15) is 9.18 Å². The first-order valence-electron chi connectivity index (χ1n) is 11.2. The fraction of sp³-hybridized carbons (Fsp3) is 0.308. The minimum atomic E-state index is -0.312. The molecular weight excluding hydrogens is 419 g/mol. The molecule has 0 aliphatic carbocycles. The van der Waals surface area contributed by atoms with Gasteiger partial charge in [0.15, 0.2) is 0 Å². The predicted molar refractivity (Wildman–Crippen MR) is 130 cm³/mol. The number of para-hydroxylation sites is 2. The smallest absolute Gasteiger partial charge is 0.322 e. The summed E-state index contributed by atoms with van der Waals surface area (Å²) in [4.78, 5) is 18.9. The summed E-state index contributed by atoms with van der Waals surface area (Å²) in [6.07, 6.45) is 5.61. The van der Waals surface area contributed by atoms with Crippen molar-refractivity contribution in [3.63, 3.8) is 0 Å². The lowest BCUT2D eigenvalue weighted by Gasteiger charge is -2.24. The summed E-state index contributed by atoms with van der Waals surface area (Å²) in [5.41, 5.74) is 1.08. The SMILES string of the molecule is COc1ccccc1NC(=O)N(CCCCCCNc1ccccn1)Cc1ccccc1F. The van der Waals surface area contributed by atoms with Crippen molar-refractivity contribution in [3.05, 3.63) is 84.3 Å². The van der Waals surface area contributed by atoms with Gasteiger partial charge >= 0.3 is 6.03 Å². The summed E-state index contributed by atoms with van der Waals surface area (Å²) in [6.45, 7) is 1.59. The molecule has 33 heavy (non-hydrogen) atoms. The van der Waals surface area contributed by atoms with Crippen molar-refractivity contribution in [2.75, 3.05) is 30.8 Å². The highest BCUT2D eigenvalue weighted by Gasteiger charge is 2.17. The maximum Gasteiger partial charge on any atom is 0.322 e. The van der Waals surface area contributed by atoms with Gasteiger partial charge in [0.2, 0.25) is 0 Å². The van der Waals surface area contributed by atoms with Crippen molar-refractivity contribution < 1.29 is 13.9 Å². The van der Waals surface area contributed by atoms with Gasteiger partial charge in [-0.3, -0.25) is 0 Å². The van der Waals surface area contributed by atoms with Crippen LogP contribution in [0.5, 0.6) is 5.75 Å². The van der Waals surface area contributed by atoms with Crippen molar-refractivity contribution in [1.29, 1.82) is 0 Å². The largest absolute Gasteiger partial charge is 0.495 e. The zero-order valence-corrected chi connectivity index (χ0v) is 19.0. The van der Waals surface area contributed by atoms with Crippen LogP contribution in [0.4, 0.5) is 20.7 Å². The van der Waals surface area contributed by atoms with Crippen LogP contribution >= 0.6 is 0 Å². The molecule has 2 aromatic carbocycles. The van der Waals surface area contributed by atoms with E-state index in [0.29, 0.717) is 23.5 Å². The van der Waals surface area contributed by atoms with Gasteiger partial charge in [-0.1, -0.05) is 49.2 Å². The quantitative estimate of drug-likeness (QED) is 0.335. The highest BCUT2D eigenvalue weighted by Crippen LogP contribution is 2.24. The Labute approximate surface area is 194 Å². The Morgan fingerprint density at radius 2 is 1.73 bits per heavy atom. The number of nitrogens with one attached hydrogen (secondary N) is 2. The summed E-state index contributed by atoms with van der Waals surface area (Å²) in [6, 6.07) is 19.3. The molecule has 0 bridgehead atoms. The second-order valence-electron chi connectivity index (χ2n) is 7.70. The molecule has 0 aliphatic heterocycles. The van der Waals surface area contributed by atoms with Crippen molar-refractivity contribution >= 4 is 17.5 Å². The van der Waals surface area contributed by atoms with Gasteiger partial charge < -0.3 is 20.3 Å². The molecule has 0 aliphatic rings.